The highest BCUT2D eigenvalue weighted by Gasteiger charge is 2.62. The molecule has 0 bridgehead atoms. The van der Waals surface area contributed by atoms with Gasteiger partial charge in [0.15, 0.2) is 0 Å². The summed E-state index contributed by atoms with van der Waals surface area (Å²) in [4.78, 5) is 32.8. The topological polar surface area (TPSA) is 174 Å². The zero-order valence-corrected chi connectivity index (χ0v) is 23.1. The standard InChI is InChI=1S/C28H37N5O7/c1-16(29-30-24-7-5-19(32(37)38)14-25(24)33(39)40)26-17(15-31(35)36)12-23-21-6-4-18-13-20(34)8-10-27(18,2)22(21)9-11-28(23,26)3/h4-5,7,14,17,20-23,26,30,34H,6,8-13,15H2,1-3H3/b29-16-/t17-,20-,21?,22?,23?,26-,27-,28-/m1/s1. The highest BCUT2D eigenvalue weighted by atomic mass is 16.6. The van der Waals surface area contributed by atoms with Crippen LogP contribution in [0.25, 0.3) is 0 Å². The van der Waals surface area contributed by atoms with Crippen molar-refractivity contribution in [1.29, 1.82) is 0 Å². The van der Waals surface area contributed by atoms with E-state index >= 15 is 0 Å². The average Bonchev–Trinajstić information content (AvgIpc) is 3.18. The van der Waals surface area contributed by atoms with Gasteiger partial charge in [0.1, 0.15) is 5.69 Å². The fraction of sp³-hybridized carbons (Fsp3) is 0.679. The number of non-ortho nitro benzene ring substituents is 1. The number of anilines is 1. The van der Waals surface area contributed by atoms with Crippen LogP contribution < -0.4 is 5.43 Å². The highest BCUT2D eigenvalue weighted by Crippen LogP contribution is 2.67. The number of nitro groups is 3. The molecule has 3 saturated carbocycles. The number of aliphatic hydroxyl groups excluding tert-OH is 1. The van der Waals surface area contributed by atoms with E-state index in [0.717, 1.165) is 51.0 Å². The predicted octanol–water partition coefficient (Wildman–Crippen LogP) is 5.73. The first-order valence-corrected chi connectivity index (χ1v) is 14.1. The number of hydrazone groups is 1. The Labute approximate surface area is 232 Å². The molecule has 0 aromatic heterocycles. The van der Waals surface area contributed by atoms with Gasteiger partial charge in [0, 0.05) is 28.5 Å². The number of nitro benzene ring substituents is 2. The van der Waals surface area contributed by atoms with Crippen LogP contribution in [0.3, 0.4) is 0 Å². The molecular formula is C28H37N5O7. The lowest BCUT2D eigenvalue weighted by atomic mass is 9.47. The summed E-state index contributed by atoms with van der Waals surface area (Å²) < 4.78 is 0. The van der Waals surface area contributed by atoms with Crippen molar-refractivity contribution in [2.24, 2.45) is 45.5 Å². The molecule has 40 heavy (non-hydrogen) atoms. The summed E-state index contributed by atoms with van der Waals surface area (Å²) in [5.74, 6) is 0.763. The van der Waals surface area contributed by atoms with Gasteiger partial charge >= 0.3 is 5.69 Å². The third kappa shape index (κ3) is 4.65. The Morgan fingerprint density at radius 1 is 1.10 bits per heavy atom. The Bertz CT molecular complexity index is 1300. The number of fused-ring (bicyclic) bond motifs is 5. The second kappa shape index (κ2) is 10.2. The molecule has 12 nitrogen and oxygen atoms in total. The van der Waals surface area contributed by atoms with Crippen LogP contribution in [0.1, 0.15) is 65.7 Å². The number of benzene rings is 1. The van der Waals surface area contributed by atoms with Crippen molar-refractivity contribution in [3.05, 3.63) is 60.2 Å². The van der Waals surface area contributed by atoms with Crippen LogP contribution in [0.4, 0.5) is 17.1 Å². The minimum atomic E-state index is -0.695. The van der Waals surface area contributed by atoms with E-state index in [4.69, 9.17) is 0 Å². The molecule has 0 aliphatic heterocycles. The molecule has 1 aromatic rings. The van der Waals surface area contributed by atoms with Crippen LogP contribution in [0, 0.1) is 70.8 Å². The van der Waals surface area contributed by atoms with Crippen LogP contribution in [0.5, 0.6) is 0 Å². The van der Waals surface area contributed by atoms with E-state index in [0.29, 0.717) is 17.5 Å². The number of nitrogens with one attached hydrogen (secondary N) is 1. The molecule has 1 aromatic carbocycles. The lowest BCUT2D eigenvalue weighted by molar-refractivity contribution is -0.489. The minimum Gasteiger partial charge on any atom is -0.393 e. The first-order chi connectivity index (χ1) is 18.8. The van der Waals surface area contributed by atoms with Gasteiger partial charge in [0.25, 0.3) is 5.69 Å². The van der Waals surface area contributed by atoms with Crippen molar-refractivity contribution in [3.63, 3.8) is 0 Å². The van der Waals surface area contributed by atoms with Crippen LogP contribution in [-0.4, -0.2) is 38.2 Å². The van der Waals surface area contributed by atoms with Crippen LogP contribution in [0.2, 0.25) is 0 Å². The zero-order valence-electron chi connectivity index (χ0n) is 23.1. The molecule has 0 amide bonds. The lowest BCUT2D eigenvalue weighted by Gasteiger charge is -2.58. The van der Waals surface area contributed by atoms with E-state index in [9.17, 15) is 35.4 Å². The Kier molecular flexibility index (Phi) is 7.18. The average molecular weight is 556 g/mol. The number of hydrogen-bond acceptors (Lipinski definition) is 9. The van der Waals surface area contributed by atoms with Gasteiger partial charge in [0.2, 0.25) is 6.54 Å². The maximum Gasteiger partial charge on any atom is 0.301 e. The summed E-state index contributed by atoms with van der Waals surface area (Å²) in [5.41, 5.74) is 3.80. The predicted molar refractivity (Wildman–Crippen MR) is 148 cm³/mol. The quantitative estimate of drug-likeness (QED) is 0.185. The van der Waals surface area contributed by atoms with Gasteiger partial charge in [-0.05, 0) is 86.5 Å². The summed E-state index contributed by atoms with van der Waals surface area (Å²) in [6, 6.07) is 3.34. The van der Waals surface area contributed by atoms with Crippen LogP contribution in [-0.2, 0) is 0 Å². The third-order valence-corrected chi connectivity index (χ3v) is 10.8. The zero-order chi connectivity index (χ0) is 29.0. The van der Waals surface area contributed by atoms with Crippen LogP contribution >= 0.6 is 0 Å². The first kappa shape index (κ1) is 28.1. The van der Waals surface area contributed by atoms with E-state index in [1.54, 1.807) is 0 Å². The van der Waals surface area contributed by atoms with E-state index in [1.165, 1.54) is 17.7 Å². The molecule has 12 heteroatoms. The first-order valence-electron chi connectivity index (χ1n) is 14.1. The van der Waals surface area contributed by atoms with Gasteiger partial charge in [-0.3, -0.25) is 35.8 Å². The number of rotatable bonds is 7. The maximum absolute atomic E-state index is 11.8. The van der Waals surface area contributed by atoms with E-state index in [-0.39, 0.29) is 51.8 Å². The molecule has 5 rings (SSSR count). The van der Waals surface area contributed by atoms with Crippen molar-refractivity contribution in [2.75, 3.05) is 12.0 Å². The molecule has 3 fully saturated rings. The molecule has 0 heterocycles. The Hall–Kier alpha value is -3.41. The molecule has 216 valence electrons. The fourth-order valence-electron chi connectivity index (χ4n) is 9.11. The number of hydrogen-bond donors (Lipinski definition) is 2. The monoisotopic (exact) mass is 555 g/mol. The van der Waals surface area contributed by atoms with Gasteiger partial charge < -0.3 is 5.11 Å². The Balaban J connectivity index is 1.45. The number of nitrogens with zero attached hydrogens (tertiary/aromatic N) is 4. The summed E-state index contributed by atoms with van der Waals surface area (Å²) in [6.07, 6.45) is 8.14. The van der Waals surface area contributed by atoms with Gasteiger partial charge in [-0.1, -0.05) is 25.5 Å². The van der Waals surface area contributed by atoms with E-state index < -0.39 is 21.2 Å². The third-order valence-electron chi connectivity index (χ3n) is 10.8. The molecule has 0 spiro atoms. The Morgan fingerprint density at radius 3 is 2.52 bits per heavy atom. The largest absolute Gasteiger partial charge is 0.393 e. The molecular weight excluding hydrogens is 518 g/mol. The molecule has 8 atom stereocenters. The van der Waals surface area contributed by atoms with E-state index in [2.05, 4.69) is 30.5 Å². The highest BCUT2D eigenvalue weighted by molar-refractivity contribution is 5.87. The Morgan fingerprint density at radius 2 is 1.85 bits per heavy atom. The summed E-state index contributed by atoms with van der Waals surface area (Å²) in [5, 5.41) is 49.2. The molecule has 4 aliphatic carbocycles. The smallest absolute Gasteiger partial charge is 0.301 e. The lowest BCUT2D eigenvalue weighted by Crippen LogP contribution is -2.51. The molecule has 4 aliphatic rings. The van der Waals surface area contributed by atoms with Gasteiger partial charge in [-0.25, -0.2) is 0 Å². The van der Waals surface area contributed by atoms with Gasteiger partial charge in [-0.2, -0.15) is 5.10 Å². The van der Waals surface area contributed by atoms with Crippen molar-refractivity contribution in [1.82, 2.24) is 0 Å². The number of allylic oxidation sites excluding steroid dienone is 1. The van der Waals surface area contributed by atoms with Crippen molar-refractivity contribution in [2.45, 2.75) is 71.8 Å². The fourth-order valence-corrected chi connectivity index (χ4v) is 9.11. The van der Waals surface area contributed by atoms with E-state index in [1.807, 2.05) is 6.92 Å². The second-order valence-electron chi connectivity index (χ2n) is 12.8. The minimum absolute atomic E-state index is 0.0292. The second-order valence-corrected chi connectivity index (χ2v) is 12.8. The summed E-state index contributed by atoms with van der Waals surface area (Å²) in [6.45, 7) is 6.24. The molecule has 0 saturated heterocycles. The van der Waals surface area contributed by atoms with Crippen molar-refractivity contribution >= 4 is 22.8 Å². The molecule has 0 radical (unpaired) electrons. The summed E-state index contributed by atoms with van der Waals surface area (Å²) in [7, 11) is 0. The number of aliphatic hydroxyl groups is 1. The SMILES string of the molecule is C/C(=N/Nc1ccc([N+](=O)[O-])cc1[N+](=O)[O-])[C@@H]1[C@@H](C[N+](=O)[O-])CC2C3CC=C4C[C@H](O)CC[C@@]4(C)C3CC[C@]21C. The van der Waals surface area contributed by atoms with Crippen LogP contribution in [0.15, 0.2) is 34.9 Å². The molecule has 2 N–H and O–H groups in total. The summed E-state index contributed by atoms with van der Waals surface area (Å²) >= 11 is 0. The van der Waals surface area contributed by atoms with Crippen molar-refractivity contribution in [3.8, 4) is 0 Å². The van der Waals surface area contributed by atoms with Crippen molar-refractivity contribution < 1.29 is 19.9 Å². The van der Waals surface area contributed by atoms with Gasteiger partial charge in [0.05, 0.1) is 22.0 Å². The molecule has 3 unspecified atom stereocenters. The normalized spacial score (nSPS) is 37.0. The van der Waals surface area contributed by atoms with Gasteiger partial charge in [-0.15, -0.1) is 0 Å². The maximum atomic E-state index is 11.8.